The average Bonchev–Trinajstić information content (AvgIpc) is 2.69. The van der Waals surface area contributed by atoms with Gasteiger partial charge in [-0.15, -0.1) is 0 Å². The molecule has 1 aliphatic rings. The van der Waals surface area contributed by atoms with Gasteiger partial charge < -0.3 is 9.84 Å². The fourth-order valence-electron chi connectivity index (χ4n) is 5.46. The normalized spacial score (nSPS) is 31.0. The van der Waals surface area contributed by atoms with Crippen molar-refractivity contribution in [3.8, 4) is 0 Å². The molecule has 0 aliphatic heterocycles. The fourth-order valence-corrected chi connectivity index (χ4v) is 5.46. The second-order valence-electron chi connectivity index (χ2n) is 9.28. The highest BCUT2D eigenvalue weighted by Crippen LogP contribution is 2.48. The first-order valence-corrected chi connectivity index (χ1v) is 11.6. The molecule has 1 rings (SSSR count). The summed E-state index contributed by atoms with van der Waals surface area (Å²) in [7, 11) is 1.74. The van der Waals surface area contributed by atoms with Crippen molar-refractivity contribution < 1.29 is 14.6 Å². The maximum Gasteiger partial charge on any atom is 0.162 e. The third-order valence-corrected chi connectivity index (χ3v) is 7.23. The van der Waals surface area contributed by atoms with E-state index in [0.717, 1.165) is 70.1 Å². The van der Waals surface area contributed by atoms with Crippen LogP contribution in [0, 0.1) is 11.3 Å². The minimum absolute atomic E-state index is 0.0778. The molecule has 0 amide bonds. The average molecular weight is 383 g/mol. The van der Waals surface area contributed by atoms with Crippen LogP contribution in [0.5, 0.6) is 0 Å². The molecule has 0 bridgehead atoms. The van der Waals surface area contributed by atoms with Gasteiger partial charge in [0, 0.05) is 12.5 Å². The zero-order valence-corrected chi connectivity index (χ0v) is 18.8. The molecule has 1 aliphatic carbocycles. The highest BCUT2D eigenvalue weighted by molar-refractivity contribution is 5.86. The van der Waals surface area contributed by atoms with Gasteiger partial charge in [-0.25, -0.2) is 0 Å². The van der Waals surface area contributed by atoms with Crippen molar-refractivity contribution in [1.82, 2.24) is 0 Å². The Morgan fingerprint density at radius 2 is 1.81 bits per heavy atom. The van der Waals surface area contributed by atoms with Crippen molar-refractivity contribution >= 4 is 5.78 Å². The molecule has 1 fully saturated rings. The third kappa shape index (κ3) is 6.85. The van der Waals surface area contributed by atoms with Crippen molar-refractivity contribution in [1.29, 1.82) is 0 Å². The van der Waals surface area contributed by atoms with Gasteiger partial charge in [-0.2, -0.15) is 0 Å². The predicted molar refractivity (Wildman–Crippen MR) is 114 cm³/mol. The molecule has 3 nitrogen and oxygen atoms in total. The van der Waals surface area contributed by atoms with Crippen LogP contribution in [-0.2, 0) is 9.53 Å². The SMILES string of the molecule is CCCCC(O)CCCC1CCCCC(OC)(C(C)=O)C(C)(CCC)CC1. The molecule has 0 aromatic carbocycles. The van der Waals surface area contributed by atoms with Crippen molar-refractivity contribution in [3.63, 3.8) is 0 Å². The number of methoxy groups -OCH3 is 1. The molecule has 1 saturated carbocycles. The first-order valence-electron chi connectivity index (χ1n) is 11.6. The lowest BCUT2D eigenvalue weighted by Crippen LogP contribution is -2.53. The number of carbonyl (C=O) groups excluding carboxylic acids is 1. The van der Waals surface area contributed by atoms with Crippen LogP contribution in [0.4, 0.5) is 0 Å². The first kappa shape index (κ1) is 24.6. The summed E-state index contributed by atoms with van der Waals surface area (Å²) in [5.74, 6) is 0.928. The smallest absolute Gasteiger partial charge is 0.162 e. The van der Waals surface area contributed by atoms with E-state index in [9.17, 15) is 9.90 Å². The lowest BCUT2D eigenvalue weighted by atomic mass is 9.63. The summed E-state index contributed by atoms with van der Waals surface area (Å²) in [4.78, 5) is 12.7. The van der Waals surface area contributed by atoms with Crippen molar-refractivity contribution in [3.05, 3.63) is 0 Å². The number of ketones is 1. The summed E-state index contributed by atoms with van der Waals surface area (Å²) in [5.41, 5.74) is -0.695. The molecule has 0 aromatic heterocycles. The second-order valence-corrected chi connectivity index (χ2v) is 9.28. The largest absolute Gasteiger partial charge is 0.393 e. The number of carbonyl (C=O) groups is 1. The molecular formula is C24H46O3. The van der Waals surface area contributed by atoms with Crippen LogP contribution in [0.1, 0.15) is 118 Å². The van der Waals surface area contributed by atoms with Gasteiger partial charge in [-0.3, -0.25) is 4.79 Å². The van der Waals surface area contributed by atoms with Gasteiger partial charge in [-0.05, 0) is 51.4 Å². The molecule has 0 spiro atoms. The zero-order valence-electron chi connectivity index (χ0n) is 18.8. The van der Waals surface area contributed by atoms with E-state index in [-0.39, 0.29) is 17.3 Å². The van der Waals surface area contributed by atoms with Gasteiger partial charge in [0.15, 0.2) is 5.78 Å². The molecule has 0 radical (unpaired) electrons. The van der Waals surface area contributed by atoms with Crippen LogP contribution in [0.25, 0.3) is 0 Å². The minimum Gasteiger partial charge on any atom is -0.393 e. The Morgan fingerprint density at radius 3 is 2.41 bits per heavy atom. The van der Waals surface area contributed by atoms with Gasteiger partial charge in [0.25, 0.3) is 0 Å². The summed E-state index contributed by atoms with van der Waals surface area (Å²) in [6.07, 6.45) is 15.1. The molecule has 4 atom stereocenters. The maximum atomic E-state index is 12.7. The van der Waals surface area contributed by atoms with Gasteiger partial charge in [0.2, 0.25) is 0 Å². The highest BCUT2D eigenvalue weighted by Gasteiger charge is 2.51. The number of hydrogen-bond acceptors (Lipinski definition) is 3. The summed E-state index contributed by atoms with van der Waals surface area (Å²) in [6.45, 7) is 8.41. The van der Waals surface area contributed by atoms with E-state index >= 15 is 0 Å². The molecule has 3 heteroatoms. The van der Waals surface area contributed by atoms with Crippen LogP contribution < -0.4 is 0 Å². The Kier molecular flexibility index (Phi) is 11.1. The lowest BCUT2D eigenvalue weighted by molar-refractivity contribution is -0.162. The number of aliphatic hydroxyl groups excluding tert-OH is 1. The number of Topliss-reactive ketones (excluding diaryl/α,β-unsaturated/α-hetero) is 1. The molecule has 0 saturated heterocycles. The highest BCUT2D eigenvalue weighted by atomic mass is 16.5. The first-order chi connectivity index (χ1) is 12.8. The van der Waals surface area contributed by atoms with Crippen molar-refractivity contribution in [2.45, 2.75) is 129 Å². The number of rotatable bonds is 11. The number of unbranched alkanes of at least 4 members (excludes halogenated alkanes) is 1. The molecule has 160 valence electrons. The van der Waals surface area contributed by atoms with E-state index in [1.54, 1.807) is 14.0 Å². The third-order valence-electron chi connectivity index (χ3n) is 7.23. The van der Waals surface area contributed by atoms with Crippen LogP contribution in [-0.4, -0.2) is 29.7 Å². The van der Waals surface area contributed by atoms with Gasteiger partial charge in [0.1, 0.15) is 5.60 Å². The van der Waals surface area contributed by atoms with Gasteiger partial charge >= 0.3 is 0 Å². The zero-order chi connectivity index (χ0) is 20.3. The Morgan fingerprint density at radius 1 is 1.11 bits per heavy atom. The Hall–Kier alpha value is -0.410. The van der Waals surface area contributed by atoms with E-state index in [0.29, 0.717) is 0 Å². The summed E-state index contributed by atoms with van der Waals surface area (Å²) in [6, 6.07) is 0. The van der Waals surface area contributed by atoms with Crippen LogP contribution in [0.2, 0.25) is 0 Å². The van der Waals surface area contributed by atoms with Gasteiger partial charge in [0.05, 0.1) is 6.10 Å². The molecule has 4 unspecified atom stereocenters. The van der Waals surface area contributed by atoms with E-state index in [1.807, 2.05) is 0 Å². The maximum absolute atomic E-state index is 12.7. The van der Waals surface area contributed by atoms with E-state index < -0.39 is 5.60 Å². The lowest BCUT2D eigenvalue weighted by Gasteiger charge is -2.47. The monoisotopic (exact) mass is 382 g/mol. The van der Waals surface area contributed by atoms with Crippen molar-refractivity contribution in [2.75, 3.05) is 7.11 Å². The van der Waals surface area contributed by atoms with Gasteiger partial charge in [-0.1, -0.05) is 72.1 Å². The summed E-state index contributed by atoms with van der Waals surface area (Å²) >= 11 is 0. The second kappa shape index (κ2) is 12.2. The fraction of sp³-hybridized carbons (Fsp3) is 0.958. The van der Waals surface area contributed by atoms with Crippen LogP contribution in [0.3, 0.4) is 0 Å². The standard InChI is InChI=1S/C24H46O3/c1-6-8-14-22(26)15-11-13-21-12-9-10-18-24(27-5,20(3)25)23(4,17-7-2)19-16-21/h21-22,26H,6-19H2,1-5H3. The predicted octanol–water partition coefficient (Wildman–Crippen LogP) is 6.46. The van der Waals surface area contributed by atoms with E-state index in [1.165, 1.54) is 25.7 Å². The Labute approximate surface area is 168 Å². The van der Waals surface area contributed by atoms with Crippen LogP contribution >= 0.6 is 0 Å². The number of hydrogen-bond donors (Lipinski definition) is 1. The van der Waals surface area contributed by atoms with Crippen molar-refractivity contribution in [2.24, 2.45) is 11.3 Å². The topological polar surface area (TPSA) is 46.5 Å². The summed E-state index contributed by atoms with van der Waals surface area (Å²) < 4.78 is 6.00. The van der Waals surface area contributed by atoms with E-state index in [2.05, 4.69) is 20.8 Å². The molecule has 27 heavy (non-hydrogen) atoms. The van der Waals surface area contributed by atoms with Crippen LogP contribution in [0.15, 0.2) is 0 Å². The number of ether oxygens (including phenoxy) is 1. The molecule has 0 heterocycles. The number of aliphatic hydroxyl groups is 1. The minimum atomic E-state index is -0.617. The van der Waals surface area contributed by atoms with E-state index in [4.69, 9.17) is 4.74 Å². The quantitative estimate of drug-likeness (QED) is 0.446. The Bertz CT molecular complexity index is 422. The molecule has 1 N–H and O–H groups in total. The molecule has 0 aromatic rings. The Balaban J connectivity index is 2.74. The molecular weight excluding hydrogens is 336 g/mol. The summed E-state index contributed by atoms with van der Waals surface area (Å²) in [5, 5.41) is 10.1.